The molecule has 2 aromatic rings. The lowest BCUT2D eigenvalue weighted by molar-refractivity contribution is 0.196. The maximum Gasteiger partial charge on any atom is 0.153 e. The molecule has 2 aliphatic rings. The zero-order valence-electron chi connectivity index (χ0n) is 17.1. The Labute approximate surface area is 180 Å². The highest BCUT2D eigenvalue weighted by Crippen LogP contribution is 2.46. The largest absolute Gasteiger partial charge is 0.390 e. The van der Waals surface area contributed by atoms with Gasteiger partial charge in [0.05, 0.1) is 12.3 Å². The van der Waals surface area contributed by atoms with Crippen LogP contribution in [-0.2, 0) is 6.61 Å². The number of hydrogen-bond acceptors (Lipinski definition) is 7. The van der Waals surface area contributed by atoms with Gasteiger partial charge in [-0.05, 0) is 50.2 Å². The third kappa shape index (κ3) is 3.78. The van der Waals surface area contributed by atoms with Gasteiger partial charge in [-0.25, -0.2) is 14.4 Å². The fourth-order valence-electron chi connectivity index (χ4n) is 4.73. The first-order valence-corrected chi connectivity index (χ1v) is 11.1. The molecule has 4 rings (SSSR count). The van der Waals surface area contributed by atoms with Crippen molar-refractivity contribution in [2.45, 2.75) is 61.6 Å². The number of rotatable bonds is 4. The van der Waals surface area contributed by atoms with Crippen LogP contribution in [0.2, 0.25) is 0 Å². The molecule has 0 unspecified atom stereocenters. The molecule has 0 bridgehead atoms. The Bertz CT molecular complexity index is 984. The second-order valence-electron chi connectivity index (χ2n) is 8.22. The summed E-state index contributed by atoms with van der Waals surface area (Å²) in [6.45, 7) is 3.32. The van der Waals surface area contributed by atoms with Crippen molar-refractivity contribution in [3.8, 4) is 6.07 Å². The van der Waals surface area contributed by atoms with Gasteiger partial charge >= 0.3 is 0 Å². The molecule has 1 saturated heterocycles. The number of anilines is 1. The minimum atomic E-state index is -0.556. The van der Waals surface area contributed by atoms with Crippen LogP contribution in [0.4, 0.5) is 10.2 Å². The van der Waals surface area contributed by atoms with Crippen molar-refractivity contribution in [1.29, 1.82) is 5.26 Å². The predicted octanol–water partition coefficient (Wildman–Crippen LogP) is 3.54. The molecule has 1 aliphatic carbocycles. The number of benzene rings is 1. The van der Waals surface area contributed by atoms with E-state index in [1.807, 2.05) is 13.0 Å². The molecule has 1 aromatic carbocycles. The molecule has 1 spiro atoms. The molecule has 2 heterocycles. The molecule has 1 saturated carbocycles. The Balaban J connectivity index is 1.58. The molecule has 1 aliphatic heterocycles. The average Bonchev–Trinajstić information content (AvgIpc) is 3.09. The summed E-state index contributed by atoms with van der Waals surface area (Å²) in [6, 6.07) is 6.72. The second kappa shape index (κ2) is 8.50. The molecular formula is C22H26FN5OS. The van der Waals surface area contributed by atoms with Crippen LogP contribution in [0.3, 0.4) is 0 Å². The summed E-state index contributed by atoms with van der Waals surface area (Å²) < 4.78 is 13.9. The molecule has 1 atom stereocenters. The van der Waals surface area contributed by atoms with Crippen LogP contribution in [0, 0.1) is 29.5 Å². The summed E-state index contributed by atoms with van der Waals surface area (Å²) in [7, 11) is 0. The Morgan fingerprint density at radius 1 is 1.33 bits per heavy atom. The van der Waals surface area contributed by atoms with Gasteiger partial charge in [-0.15, -0.1) is 0 Å². The van der Waals surface area contributed by atoms with E-state index in [1.165, 1.54) is 30.7 Å². The molecule has 6 nitrogen and oxygen atoms in total. The number of piperidine rings is 1. The molecule has 3 N–H and O–H groups in total. The van der Waals surface area contributed by atoms with Gasteiger partial charge in [0.25, 0.3) is 0 Å². The van der Waals surface area contributed by atoms with E-state index in [0.717, 1.165) is 32.4 Å². The van der Waals surface area contributed by atoms with Gasteiger partial charge in [-0.2, -0.15) is 5.26 Å². The first kappa shape index (κ1) is 21.0. The first-order chi connectivity index (χ1) is 14.5. The van der Waals surface area contributed by atoms with Crippen molar-refractivity contribution in [2.75, 3.05) is 18.0 Å². The lowest BCUT2D eigenvalue weighted by atomic mass is 9.74. The Morgan fingerprint density at radius 2 is 2.10 bits per heavy atom. The highest BCUT2D eigenvalue weighted by molar-refractivity contribution is 7.99. The normalized spacial score (nSPS) is 20.5. The fourth-order valence-corrected chi connectivity index (χ4v) is 5.68. The Morgan fingerprint density at radius 3 is 2.73 bits per heavy atom. The summed E-state index contributed by atoms with van der Waals surface area (Å²) >= 11 is 1.20. The van der Waals surface area contributed by atoms with Gasteiger partial charge in [0, 0.05) is 24.0 Å². The van der Waals surface area contributed by atoms with Crippen LogP contribution < -0.4 is 10.6 Å². The number of nitrogens with zero attached hydrogens (tertiary/aromatic N) is 4. The molecule has 30 heavy (non-hydrogen) atoms. The molecule has 158 valence electrons. The van der Waals surface area contributed by atoms with E-state index in [-0.39, 0.29) is 23.6 Å². The standard InChI is InChI=1S/C22H26FN5OS/c1-14-21(30-18-5-2-4-16(23)15(18)12-24)27-17(13-29)20(26-14)28-10-8-22(9-11-28)7-3-6-19(22)25/h2,4-5,19,29H,3,6-11,13,25H2,1H3/t19-/m1/s1. The fraction of sp³-hybridized carbons (Fsp3) is 0.500. The van der Waals surface area contributed by atoms with Crippen molar-refractivity contribution >= 4 is 17.6 Å². The Kier molecular flexibility index (Phi) is 5.96. The topological polar surface area (TPSA) is 99.1 Å². The third-order valence-electron chi connectivity index (χ3n) is 6.56. The number of aryl methyl sites for hydroxylation is 1. The number of nitriles is 1. The third-order valence-corrected chi connectivity index (χ3v) is 7.70. The van der Waals surface area contributed by atoms with Gasteiger partial charge in [0.2, 0.25) is 0 Å². The van der Waals surface area contributed by atoms with Crippen molar-refractivity contribution < 1.29 is 9.50 Å². The molecule has 0 radical (unpaired) electrons. The van der Waals surface area contributed by atoms with E-state index in [4.69, 9.17) is 10.7 Å². The number of nitrogens with two attached hydrogens (primary N) is 1. The van der Waals surface area contributed by atoms with Crippen molar-refractivity contribution in [1.82, 2.24) is 9.97 Å². The van der Waals surface area contributed by atoms with Crippen LogP contribution in [0.15, 0.2) is 28.1 Å². The average molecular weight is 428 g/mol. The number of aromatic nitrogens is 2. The monoisotopic (exact) mass is 427 g/mol. The van der Waals surface area contributed by atoms with Gasteiger partial charge < -0.3 is 15.7 Å². The quantitative estimate of drug-likeness (QED) is 0.770. The van der Waals surface area contributed by atoms with E-state index in [9.17, 15) is 14.8 Å². The summed E-state index contributed by atoms with van der Waals surface area (Å²) in [5.41, 5.74) is 7.84. The zero-order chi connectivity index (χ0) is 21.3. The van der Waals surface area contributed by atoms with Gasteiger partial charge in [0.1, 0.15) is 28.2 Å². The van der Waals surface area contributed by atoms with Gasteiger partial charge in [-0.3, -0.25) is 0 Å². The smallest absolute Gasteiger partial charge is 0.153 e. The lowest BCUT2D eigenvalue weighted by Crippen LogP contribution is -2.47. The summed E-state index contributed by atoms with van der Waals surface area (Å²) in [4.78, 5) is 12.1. The minimum Gasteiger partial charge on any atom is -0.390 e. The minimum absolute atomic E-state index is 0.00689. The predicted molar refractivity (Wildman–Crippen MR) is 114 cm³/mol. The molecular weight excluding hydrogens is 401 g/mol. The van der Waals surface area contributed by atoms with Gasteiger partial charge in [0.15, 0.2) is 5.82 Å². The Hall–Kier alpha value is -2.21. The van der Waals surface area contributed by atoms with Crippen LogP contribution in [0.5, 0.6) is 0 Å². The van der Waals surface area contributed by atoms with E-state index < -0.39 is 5.82 Å². The van der Waals surface area contributed by atoms with E-state index in [2.05, 4.69) is 9.88 Å². The number of aliphatic hydroxyl groups excluding tert-OH is 1. The zero-order valence-corrected chi connectivity index (χ0v) is 17.9. The number of aliphatic hydroxyl groups is 1. The summed E-state index contributed by atoms with van der Waals surface area (Å²) in [6.07, 6.45) is 5.58. The number of hydrogen-bond donors (Lipinski definition) is 2. The van der Waals surface area contributed by atoms with Crippen LogP contribution >= 0.6 is 11.8 Å². The highest BCUT2D eigenvalue weighted by Gasteiger charge is 2.43. The molecule has 8 heteroatoms. The van der Waals surface area contributed by atoms with Crippen LogP contribution in [0.25, 0.3) is 0 Å². The lowest BCUT2D eigenvalue weighted by Gasteiger charge is -2.42. The van der Waals surface area contributed by atoms with E-state index >= 15 is 0 Å². The van der Waals surface area contributed by atoms with Crippen molar-refractivity contribution in [2.24, 2.45) is 11.1 Å². The molecule has 0 amide bonds. The van der Waals surface area contributed by atoms with Crippen LogP contribution in [-0.4, -0.2) is 34.2 Å². The maximum absolute atomic E-state index is 13.9. The molecule has 1 aromatic heterocycles. The van der Waals surface area contributed by atoms with Gasteiger partial charge in [-0.1, -0.05) is 24.2 Å². The highest BCUT2D eigenvalue weighted by atomic mass is 32.2. The summed E-state index contributed by atoms with van der Waals surface area (Å²) in [5.74, 6) is 0.153. The van der Waals surface area contributed by atoms with E-state index in [0.29, 0.717) is 27.1 Å². The maximum atomic E-state index is 13.9. The SMILES string of the molecule is Cc1nc(N2CCC3(CCC[C@H]3N)CC2)c(CO)nc1Sc1cccc(F)c1C#N. The van der Waals surface area contributed by atoms with Crippen LogP contribution in [0.1, 0.15) is 49.1 Å². The molecule has 2 fully saturated rings. The first-order valence-electron chi connectivity index (χ1n) is 10.3. The van der Waals surface area contributed by atoms with Crippen molar-refractivity contribution in [3.05, 3.63) is 41.0 Å². The summed E-state index contributed by atoms with van der Waals surface area (Å²) in [5, 5.41) is 19.8. The van der Waals surface area contributed by atoms with E-state index in [1.54, 1.807) is 12.1 Å². The number of halogens is 1. The second-order valence-corrected chi connectivity index (χ2v) is 9.25. The van der Waals surface area contributed by atoms with Crippen molar-refractivity contribution in [3.63, 3.8) is 0 Å².